The van der Waals surface area contributed by atoms with Gasteiger partial charge in [-0.25, -0.2) is 4.98 Å². The topological polar surface area (TPSA) is 53.6 Å². The fourth-order valence-corrected chi connectivity index (χ4v) is 1.14. The minimum atomic E-state index is 0.658. The molecule has 1 fully saturated rings. The van der Waals surface area contributed by atoms with Crippen molar-refractivity contribution in [3.05, 3.63) is 12.2 Å². The molecular formula is C7H10N4S. The van der Waals surface area contributed by atoms with E-state index in [1.54, 1.807) is 0 Å². The van der Waals surface area contributed by atoms with E-state index in [1.165, 1.54) is 19.2 Å². The van der Waals surface area contributed by atoms with Crippen molar-refractivity contribution in [2.75, 3.05) is 6.54 Å². The van der Waals surface area contributed by atoms with E-state index in [4.69, 9.17) is 12.2 Å². The molecule has 0 radical (unpaired) electrons. The summed E-state index contributed by atoms with van der Waals surface area (Å²) >= 11 is 5.08. The molecule has 1 aliphatic carbocycles. The SMILES string of the molecule is S=C(NCC1CC1)c1ncn[nH]1. The molecule has 0 spiro atoms. The predicted molar refractivity (Wildman–Crippen MR) is 48.8 cm³/mol. The number of rotatable bonds is 3. The highest BCUT2D eigenvalue weighted by atomic mass is 32.1. The van der Waals surface area contributed by atoms with E-state index in [0.717, 1.165) is 12.5 Å². The van der Waals surface area contributed by atoms with E-state index < -0.39 is 0 Å². The smallest absolute Gasteiger partial charge is 0.183 e. The first-order chi connectivity index (χ1) is 5.86. The third kappa shape index (κ3) is 1.79. The summed E-state index contributed by atoms with van der Waals surface area (Å²) in [6.07, 6.45) is 4.11. The van der Waals surface area contributed by atoms with Crippen molar-refractivity contribution in [1.82, 2.24) is 20.5 Å². The summed E-state index contributed by atoms with van der Waals surface area (Å²) in [7, 11) is 0. The van der Waals surface area contributed by atoms with Gasteiger partial charge in [0.15, 0.2) is 5.82 Å². The van der Waals surface area contributed by atoms with Crippen molar-refractivity contribution in [1.29, 1.82) is 0 Å². The third-order valence-corrected chi connectivity index (χ3v) is 2.22. The second-order valence-electron chi connectivity index (χ2n) is 2.99. The molecule has 12 heavy (non-hydrogen) atoms. The van der Waals surface area contributed by atoms with Crippen LogP contribution in [0.3, 0.4) is 0 Å². The number of nitrogens with zero attached hydrogens (tertiary/aromatic N) is 2. The molecule has 0 bridgehead atoms. The number of hydrogen-bond donors (Lipinski definition) is 2. The first kappa shape index (κ1) is 7.67. The summed E-state index contributed by atoms with van der Waals surface area (Å²) in [5.74, 6) is 1.48. The van der Waals surface area contributed by atoms with Gasteiger partial charge in [-0.05, 0) is 18.8 Å². The third-order valence-electron chi connectivity index (χ3n) is 1.88. The molecule has 0 aliphatic heterocycles. The molecule has 0 aromatic carbocycles. The zero-order valence-corrected chi connectivity index (χ0v) is 7.40. The van der Waals surface area contributed by atoms with Crippen LogP contribution in [0.4, 0.5) is 0 Å². The Balaban J connectivity index is 1.83. The molecule has 5 heteroatoms. The maximum Gasteiger partial charge on any atom is 0.183 e. The molecular weight excluding hydrogens is 172 g/mol. The van der Waals surface area contributed by atoms with Gasteiger partial charge < -0.3 is 5.32 Å². The minimum absolute atomic E-state index is 0.658. The maximum atomic E-state index is 5.08. The number of H-pyrrole nitrogens is 1. The molecule has 1 heterocycles. The van der Waals surface area contributed by atoms with Crippen molar-refractivity contribution < 1.29 is 0 Å². The zero-order valence-electron chi connectivity index (χ0n) is 6.58. The summed E-state index contributed by atoms with van der Waals surface area (Å²) < 4.78 is 0. The van der Waals surface area contributed by atoms with Crippen LogP contribution in [0.25, 0.3) is 0 Å². The van der Waals surface area contributed by atoms with E-state index in [0.29, 0.717) is 10.8 Å². The lowest BCUT2D eigenvalue weighted by Gasteiger charge is -2.02. The van der Waals surface area contributed by atoms with Gasteiger partial charge in [-0.3, -0.25) is 5.10 Å². The number of nitrogens with one attached hydrogen (secondary N) is 2. The molecule has 2 rings (SSSR count). The standard InChI is InChI=1S/C7H10N4S/c12-7(6-9-4-10-11-6)8-3-5-1-2-5/h4-5H,1-3H2,(H,8,12)(H,9,10,11). The molecule has 0 unspecified atom stereocenters. The van der Waals surface area contributed by atoms with Crippen molar-refractivity contribution in [3.63, 3.8) is 0 Å². The molecule has 2 N–H and O–H groups in total. The van der Waals surface area contributed by atoms with E-state index >= 15 is 0 Å². The average Bonchev–Trinajstić information content (AvgIpc) is 2.74. The first-order valence-electron chi connectivity index (χ1n) is 4.00. The van der Waals surface area contributed by atoms with E-state index in [2.05, 4.69) is 20.5 Å². The molecule has 1 aliphatic rings. The number of aromatic amines is 1. The lowest BCUT2D eigenvalue weighted by Crippen LogP contribution is -2.25. The van der Waals surface area contributed by atoms with Gasteiger partial charge in [0, 0.05) is 6.54 Å². The second-order valence-corrected chi connectivity index (χ2v) is 3.40. The highest BCUT2D eigenvalue weighted by Gasteiger charge is 2.21. The lowest BCUT2D eigenvalue weighted by atomic mass is 10.4. The zero-order chi connectivity index (χ0) is 8.39. The van der Waals surface area contributed by atoms with Crippen molar-refractivity contribution in [2.24, 2.45) is 5.92 Å². The van der Waals surface area contributed by atoms with Crippen LogP contribution >= 0.6 is 12.2 Å². The van der Waals surface area contributed by atoms with E-state index in [1.807, 2.05) is 0 Å². The Bertz CT molecular complexity index is 265. The largest absolute Gasteiger partial charge is 0.373 e. The van der Waals surface area contributed by atoms with Crippen LogP contribution in [0.5, 0.6) is 0 Å². The number of aromatic nitrogens is 3. The highest BCUT2D eigenvalue weighted by molar-refractivity contribution is 7.80. The summed E-state index contributed by atoms with van der Waals surface area (Å²) in [5.41, 5.74) is 0. The molecule has 4 nitrogen and oxygen atoms in total. The van der Waals surface area contributed by atoms with Crippen LogP contribution in [-0.2, 0) is 0 Å². The summed E-state index contributed by atoms with van der Waals surface area (Å²) in [4.78, 5) is 4.61. The van der Waals surface area contributed by atoms with Gasteiger partial charge in [0.1, 0.15) is 11.3 Å². The Kier molecular flexibility index (Phi) is 2.03. The highest BCUT2D eigenvalue weighted by Crippen LogP contribution is 2.27. The van der Waals surface area contributed by atoms with Gasteiger partial charge in [0.25, 0.3) is 0 Å². The Hall–Kier alpha value is -0.970. The van der Waals surface area contributed by atoms with Crippen LogP contribution in [0.1, 0.15) is 18.7 Å². The minimum Gasteiger partial charge on any atom is -0.373 e. The normalized spacial score (nSPS) is 16.0. The fourth-order valence-electron chi connectivity index (χ4n) is 0.958. The molecule has 64 valence electrons. The molecule has 1 aromatic rings. The van der Waals surface area contributed by atoms with Gasteiger partial charge >= 0.3 is 0 Å². The molecule has 0 amide bonds. The Labute approximate surface area is 75.8 Å². The molecule has 1 saturated carbocycles. The van der Waals surface area contributed by atoms with Crippen LogP contribution < -0.4 is 5.32 Å². The van der Waals surface area contributed by atoms with E-state index in [-0.39, 0.29) is 0 Å². The lowest BCUT2D eigenvalue weighted by molar-refractivity contribution is 0.775. The van der Waals surface area contributed by atoms with Gasteiger partial charge in [-0.15, -0.1) is 0 Å². The molecule has 1 aromatic heterocycles. The van der Waals surface area contributed by atoms with Crippen LogP contribution in [0.2, 0.25) is 0 Å². The van der Waals surface area contributed by atoms with E-state index in [9.17, 15) is 0 Å². The average molecular weight is 182 g/mol. The summed E-state index contributed by atoms with van der Waals surface area (Å²) in [6, 6.07) is 0. The quantitative estimate of drug-likeness (QED) is 0.668. The van der Waals surface area contributed by atoms with Crippen LogP contribution in [0.15, 0.2) is 6.33 Å². The van der Waals surface area contributed by atoms with Crippen molar-refractivity contribution in [2.45, 2.75) is 12.8 Å². The van der Waals surface area contributed by atoms with Gasteiger partial charge in [0.2, 0.25) is 0 Å². The second kappa shape index (κ2) is 3.18. The van der Waals surface area contributed by atoms with Gasteiger partial charge in [0.05, 0.1) is 0 Å². The van der Waals surface area contributed by atoms with Crippen molar-refractivity contribution >= 4 is 17.2 Å². The summed E-state index contributed by atoms with van der Waals surface area (Å²) in [6.45, 7) is 0.972. The van der Waals surface area contributed by atoms with Gasteiger partial charge in [-0.2, -0.15) is 5.10 Å². The Morgan fingerprint density at radius 2 is 2.58 bits per heavy atom. The predicted octanol–water partition coefficient (Wildman–Crippen LogP) is 0.480. The van der Waals surface area contributed by atoms with Gasteiger partial charge in [-0.1, -0.05) is 12.2 Å². The number of hydrogen-bond acceptors (Lipinski definition) is 3. The van der Waals surface area contributed by atoms with Crippen LogP contribution in [-0.4, -0.2) is 26.7 Å². The Morgan fingerprint density at radius 3 is 3.17 bits per heavy atom. The number of thiocarbonyl (C=S) groups is 1. The first-order valence-corrected chi connectivity index (χ1v) is 4.40. The molecule has 0 saturated heterocycles. The van der Waals surface area contributed by atoms with Crippen LogP contribution in [0, 0.1) is 5.92 Å². The van der Waals surface area contributed by atoms with Crippen molar-refractivity contribution in [3.8, 4) is 0 Å². The molecule has 0 atom stereocenters. The fraction of sp³-hybridized carbons (Fsp3) is 0.571. The Morgan fingerprint density at radius 1 is 1.75 bits per heavy atom. The monoisotopic (exact) mass is 182 g/mol. The summed E-state index contributed by atoms with van der Waals surface area (Å²) in [5, 5.41) is 9.58. The maximum absolute atomic E-state index is 5.08.